The van der Waals surface area contributed by atoms with E-state index in [1.165, 1.54) is 16.4 Å². The molecule has 0 heterocycles. The highest BCUT2D eigenvalue weighted by Crippen LogP contribution is 2.26. The lowest BCUT2D eigenvalue weighted by Crippen LogP contribution is -2.30. The Morgan fingerprint density at radius 3 is 2.04 bits per heavy atom. The molecule has 1 N–H and O–H groups in total. The van der Waals surface area contributed by atoms with Gasteiger partial charge in [-0.1, -0.05) is 37.6 Å². The van der Waals surface area contributed by atoms with Gasteiger partial charge < -0.3 is 0 Å². The summed E-state index contributed by atoms with van der Waals surface area (Å²) in [6.07, 6.45) is 0. The molecule has 0 saturated heterocycles. The summed E-state index contributed by atoms with van der Waals surface area (Å²) in [5, 5.41) is 0. The molecule has 0 aromatic heterocycles. The maximum atomic E-state index is 12.8. The predicted molar refractivity (Wildman–Crippen MR) is 108 cm³/mol. The predicted octanol–water partition coefficient (Wildman–Crippen LogP) is 3.44. The molecule has 0 fully saturated rings. The van der Waals surface area contributed by atoms with Crippen molar-refractivity contribution in [2.75, 3.05) is 17.8 Å². The summed E-state index contributed by atoms with van der Waals surface area (Å²) in [7, 11) is -7.51. The van der Waals surface area contributed by atoms with E-state index < -0.39 is 20.0 Å². The molecule has 8 heteroatoms. The second-order valence-corrected chi connectivity index (χ2v) is 10.0. The largest absolute Gasteiger partial charge is 0.279 e. The summed E-state index contributed by atoms with van der Waals surface area (Å²) in [4.78, 5) is 0.236. The minimum atomic E-state index is -3.84. The maximum Gasteiger partial charge on any atom is 0.262 e. The second-order valence-electron chi connectivity index (χ2n) is 6.44. The Kier molecular flexibility index (Phi) is 6.34. The lowest BCUT2D eigenvalue weighted by atomic mass is 10.2. The third kappa shape index (κ3) is 4.51. The van der Waals surface area contributed by atoms with E-state index in [-0.39, 0.29) is 15.5 Å². The number of benzene rings is 2. The van der Waals surface area contributed by atoms with E-state index in [0.717, 1.165) is 5.56 Å². The van der Waals surface area contributed by atoms with Crippen LogP contribution in [0.25, 0.3) is 0 Å². The van der Waals surface area contributed by atoms with Crippen LogP contribution >= 0.6 is 0 Å². The molecule has 2 aromatic rings. The van der Waals surface area contributed by atoms with Crippen LogP contribution < -0.4 is 4.72 Å². The molecule has 148 valence electrons. The van der Waals surface area contributed by atoms with E-state index in [1.807, 2.05) is 6.92 Å². The number of anilines is 1. The van der Waals surface area contributed by atoms with Gasteiger partial charge in [-0.3, -0.25) is 4.72 Å². The Balaban J connectivity index is 2.48. The molecule has 0 aliphatic rings. The number of sulfonamides is 2. The van der Waals surface area contributed by atoms with Gasteiger partial charge in [-0.2, -0.15) is 4.31 Å². The molecule has 0 spiro atoms. The van der Waals surface area contributed by atoms with Crippen molar-refractivity contribution in [1.29, 1.82) is 0 Å². The highest BCUT2D eigenvalue weighted by Gasteiger charge is 2.24. The van der Waals surface area contributed by atoms with Gasteiger partial charge >= 0.3 is 0 Å². The molecule has 0 bridgehead atoms. The summed E-state index contributed by atoms with van der Waals surface area (Å²) in [6, 6.07) is 9.56. The van der Waals surface area contributed by atoms with Crippen molar-refractivity contribution in [1.82, 2.24) is 4.31 Å². The van der Waals surface area contributed by atoms with Crippen LogP contribution in [0.2, 0.25) is 0 Å². The third-order valence-corrected chi connectivity index (χ3v) is 7.99. The van der Waals surface area contributed by atoms with Crippen molar-refractivity contribution in [3.8, 4) is 0 Å². The number of hydrogen-bond acceptors (Lipinski definition) is 4. The first-order valence-corrected chi connectivity index (χ1v) is 11.7. The minimum absolute atomic E-state index is 0.0649. The summed E-state index contributed by atoms with van der Waals surface area (Å²) >= 11 is 0. The van der Waals surface area contributed by atoms with Crippen molar-refractivity contribution < 1.29 is 16.8 Å². The topological polar surface area (TPSA) is 83.6 Å². The van der Waals surface area contributed by atoms with Gasteiger partial charge in [-0.05, 0) is 50.1 Å². The maximum absolute atomic E-state index is 12.8. The van der Waals surface area contributed by atoms with Crippen LogP contribution in [0, 0.1) is 20.8 Å². The summed E-state index contributed by atoms with van der Waals surface area (Å²) in [6.45, 7) is 9.57. The molecular weight excluding hydrogens is 384 g/mol. The Labute approximate surface area is 162 Å². The fraction of sp³-hybridized carbons (Fsp3) is 0.368. The van der Waals surface area contributed by atoms with Crippen molar-refractivity contribution in [3.63, 3.8) is 0 Å². The zero-order valence-corrected chi connectivity index (χ0v) is 17.9. The van der Waals surface area contributed by atoms with Gasteiger partial charge in [0.05, 0.1) is 15.5 Å². The SMILES string of the molecule is CCN(CC)S(=O)(=O)c1ccc(C)c(NS(=O)(=O)c2ccc(C)cc2C)c1. The molecule has 2 aromatic carbocycles. The van der Waals surface area contributed by atoms with E-state index in [4.69, 9.17) is 0 Å². The van der Waals surface area contributed by atoms with Crippen LogP contribution in [0.3, 0.4) is 0 Å². The number of aryl methyl sites for hydroxylation is 3. The van der Waals surface area contributed by atoms with Crippen molar-refractivity contribution >= 4 is 25.7 Å². The van der Waals surface area contributed by atoms with E-state index in [0.29, 0.717) is 24.2 Å². The van der Waals surface area contributed by atoms with Gasteiger partial charge in [0.2, 0.25) is 10.0 Å². The zero-order chi connectivity index (χ0) is 20.4. The molecule has 0 amide bonds. The van der Waals surface area contributed by atoms with Gasteiger partial charge in [0, 0.05) is 13.1 Å². The summed E-state index contributed by atoms with van der Waals surface area (Å²) in [5.41, 5.74) is 2.49. The molecule has 0 unspecified atom stereocenters. The number of nitrogens with one attached hydrogen (secondary N) is 1. The average Bonchev–Trinajstić information content (AvgIpc) is 2.57. The number of hydrogen-bond donors (Lipinski definition) is 1. The van der Waals surface area contributed by atoms with E-state index in [2.05, 4.69) is 4.72 Å². The highest BCUT2D eigenvalue weighted by molar-refractivity contribution is 7.92. The lowest BCUT2D eigenvalue weighted by Gasteiger charge is -2.20. The smallest absolute Gasteiger partial charge is 0.262 e. The molecule has 0 atom stereocenters. The van der Waals surface area contributed by atoms with Crippen molar-refractivity contribution in [3.05, 3.63) is 53.1 Å². The first kappa shape index (κ1) is 21.4. The Morgan fingerprint density at radius 1 is 0.852 bits per heavy atom. The molecule has 0 radical (unpaired) electrons. The quantitative estimate of drug-likeness (QED) is 0.758. The fourth-order valence-corrected chi connectivity index (χ4v) is 5.72. The van der Waals surface area contributed by atoms with Crippen molar-refractivity contribution in [2.24, 2.45) is 0 Å². The molecule has 27 heavy (non-hydrogen) atoms. The van der Waals surface area contributed by atoms with E-state index in [9.17, 15) is 16.8 Å². The molecule has 6 nitrogen and oxygen atoms in total. The molecular formula is C19H26N2O4S2. The summed E-state index contributed by atoms with van der Waals surface area (Å²) < 4.78 is 55.0. The normalized spacial score (nSPS) is 12.4. The molecule has 0 saturated carbocycles. The average molecular weight is 411 g/mol. The van der Waals surface area contributed by atoms with E-state index >= 15 is 0 Å². The summed E-state index contributed by atoms with van der Waals surface area (Å²) in [5.74, 6) is 0. The first-order valence-electron chi connectivity index (χ1n) is 8.73. The first-order chi connectivity index (χ1) is 12.5. The van der Waals surface area contributed by atoms with Crippen LogP contribution in [-0.2, 0) is 20.0 Å². The van der Waals surface area contributed by atoms with Gasteiger partial charge in [0.15, 0.2) is 0 Å². The molecule has 0 aliphatic heterocycles. The number of rotatable bonds is 7. The standard InChI is InChI=1S/C19H26N2O4S2/c1-6-21(7-2)27(24,25)17-10-9-15(4)18(13-17)20-26(22,23)19-11-8-14(3)12-16(19)5/h8-13,20H,6-7H2,1-5H3. The van der Waals surface area contributed by atoms with Gasteiger partial charge in [-0.15, -0.1) is 0 Å². The Morgan fingerprint density at radius 2 is 1.48 bits per heavy atom. The van der Waals surface area contributed by atoms with Crippen LogP contribution in [0.4, 0.5) is 5.69 Å². The second kappa shape index (κ2) is 8.00. The van der Waals surface area contributed by atoms with Gasteiger partial charge in [-0.25, -0.2) is 16.8 Å². The van der Waals surface area contributed by atoms with Gasteiger partial charge in [0.25, 0.3) is 10.0 Å². The van der Waals surface area contributed by atoms with Crippen LogP contribution in [0.15, 0.2) is 46.2 Å². The van der Waals surface area contributed by atoms with Crippen LogP contribution in [-0.4, -0.2) is 34.2 Å². The highest BCUT2D eigenvalue weighted by atomic mass is 32.2. The Hall–Kier alpha value is -1.90. The molecule has 2 rings (SSSR count). The minimum Gasteiger partial charge on any atom is -0.279 e. The monoisotopic (exact) mass is 410 g/mol. The van der Waals surface area contributed by atoms with E-state index in [1.54, 1.807) is 52.0 Å². The number of nitrogens with zero attached hydrogens (tertiary/aromatic N) is 1. The molecule has 0 aliphatic carbocycles. The lowest BCUT2D eigenvalue weighted by molar-refractivity contribution is 0.445. The zero-order valence-electron chi connectivity index (χ0n) is 16.3. The van der Waals surface area contributed by atoms with Gasteiger partial charge in [0.1, 0.15) is 0 Å². The van der Waals surface area contributed by atoms with Crippen molar-refractivity contribution in [2.45, 2.75) is 44.4 Å². The fourth-order valence-electron chi connectivity index (χ4n) is 2.88. The van der Waals surface area contributed by atoms with Crippen LogP contribution in [0.1, 0.15) is 30.5 Å². The third-order valence-electron chi connectivity index (χ3n) is 4.42. The Bertz CT molecular complexity index is 1040. The van der Waals surface area contributed by atoms with Crippen LogP contribution in [0.5, 0.6) is 0 Å².